The van der Waals surface area contributed by atoms with Gasteiger partial charge in [0, 0.05) is 38.3 Å². The largest absolute Gasteiger partial charge is 0.368 e. The van der Waals surface area contributed by atoms with Crippen LogP contribution >= 0.6 is 11.6 Å². The second kappa shape index (κ2) is 6.74. The van der Waals surface area contributed by atoms with Gasteiger partial charge in [0.2, 0.25) is 5.89 Å². The molecule has 1 aromatic carbocycles. The summed E-state index contributed by atoms with van der Waals surface area (Å²) in [6, 6.07) is 2.98. The van der Waals surface area contributed by atoms with Gasteiger partial charge in [-0.2, -0.15) is 4.98 Å². The van der Waals surface area contributed by atoms with E-state index in [4.69, 9.17) is 16.1 Å². The molecular formula is C15H18ClN5O3. The molecule has 0 spiro atoms. The van der Waals surface area contributed by atoms with E-state index in [0.29, 0.717) is 23.3 Å². The average molecular weight is 352 g/mol. The lowest BCUT2D eigenvalue weighted by Gasteiger charge is -2.36. The van der Waals surface area contributed by atoms with Crippen LogP contribution in [0.4, 0.5) is 11.4 Å². The van der Waals surface area contributed by atoms with Crippen molar-refractivity contribution in [3.63, 3.8) is 0 Å². The Morgan fingerprint density at radius 2 is 2.00 bits per heavy atom. The number of hydrogen-bond acceptors (Lipinski definition) is 7. The molecule has 0 aliphatic carbocycles. The number of aryl methyl sites for hydroxylation is 2. The molecule has 1 aromatic heterocycles. The summed E-state index contributed by atoms with van der Waals surface area (Å²) >= 11 is 6.29. The fraction of sp³-hybridized carbons (Fsp3) is 0.467. The Labute approximate surface area is 144 Å². The highest BCUT2D eigenvalue weighted by Crippen LogP contribution is 2.34. The Morgan fingerprint density at radius 3 is 2.54 bits per heavy atom. The summed E-state index contributed by atoms with van der Waals surface area (Å²) in [6.45, 7) is 7.49. The van der Waals surface area contributed by atoms with Crippen LogP contribution in [0.5, 0.6) is 0 Å². The Hall–Kier alpha value is -2.19. The van der Waals surface area contributed by atoms with E-state index < -0.39 is 4.92 Å². The molecule has 1 aliphatic rings. The van der Waals surface area contributed by atoms with Crippen molar-refractivity contribution in [2.75, 3.05) is 31.1 Å². The molecule has 1 aliphatic heterocycles. The first-order valence-electron chi connectivity index (χ1n) is 7.65. The smallest absolute Gasteiger partial charge is 0.271 e. The lowest BCUT2D eigenvalue weighted by Crippen LogP contribution is -2.46. The minimum atomic E-state index is -0.424. The average Bonchev–Trinajstić information content (AvgIpc) is 2.93. The van der Waals surface area contributed by atoms with E-state index in [1.54, 1.807) is 13.0 Å². The molecule has 1 saturated heterocycles. The third-order valence-corrected chi connectivity index (χ3v) is 4.35. The van der Waals surface area contributed by atoms with Crippen molar-refractivity contribution < 1.29 is 9.45 Å². The minimum Gasteiger partial charge on any atom is -0.368 e. The number of non-ortho nitro benzene ring substituents is 1. The number of nitro benzene ring substituents is 1. The molecule has 0 N–H and O–H groups in total. The summed E-state index contributed by atoms with van der Waals surface area (Å²) in [5.41, 5.74) is 1.71. The Morgan fingerprint density at radius 1 is 1.29 bits per heavy atom. The topological polar surface area (TPSA) is 88.5 Å². The van der Waals surface area contributed by atoms with Gasteiger partial charge in [0.25, 0.3) is 5.69 Å². The third kappa shape index (κ3) is 3.49. The van der Waals surface area contributed by atoms with Gasteiger partial charge in [-0.25, -0.2) is 0 Å². The van der Waals surface area contributed by atoms with E-state index in [0.717, 1.165) is 37.4 Å². The van der Waals surface area contributed by atoms with Crippen LogP contribution in [0.25, 0.3) is 0 Å². The van der Waals surface area contributed by atoms with Crippen molar-refractivity contribution in [1.82, 2.24) is 15.0 Å². The molecule has 9 heteroatoms. The molecule has 0 unspecified atom stereocenters. The van der Waals surface area contributed by atoms with Gasteiger partial charge in [0.05, 0.1) is 22.2 Å². The van der Waals surface area contributed by atoms with E-state index in [1.807, 2.05) is 6.92 Å². The van der Waals surface area contributed by atoms with Crippen LogP contribution in [-0.2, 0) is 6.54 Å². The van der Waals surface area contributed by atoms with Crippen LogP contribution < -0.4 is 4.90 Å². The minimum absolute atomic E-state index is 0.0200. The van der Waals surface area contributed by atoms with Gasteiger partial charge in [0.15, 0.2) is 5.82 Å². The molecule has 128 valence electrons. The zero-order valence-electron chi connectivity index (χ0n) is 13.5. The fourth-order valence-electron chi connectivity index (χ4n) is 2.95. The predicted octanol–water partition coefficient (Wildman–Crippen LogP) is 2.57. The molecule has 2 aromatic rings. The Kier molecular flexibility index (Phi) is 4.68. The zero-order valence-corrected chi connectivity index (χ0v) is 14.3. The van der Waals surface area contributed by atoms with E-state index in [-0.39, 0.29) is 5.69 Å². The highest BCUT2D eigenvalue weighted by Gasteiger charge is 2.23. The van der Waals surface area contributed by atoms with Gasteiger partial charge in [0.1, 0.15) is 0 Å². The number of rotatable bonds is 4. The summed E-state index contributed by atoms with van der Waals surface area (Å²) in [5.74, 6) is 1.25. The number of halogens is 1. The van der Waals surface area contributed by atoms with Gasteiger partial charge in [-0.15, -0.1) is 0 Å². The maximum Gasteiger partial charge on any atom is 0.271 e. The van der Waals surface area contributed by atoms with Crippen molar-refractivity contribution >= 4 is 23.0 Å². The maximum atomic E-state index is 10.9. The molecule has 1 fully saturated rings. The quantitative estimate of drug-likeness (QED) is 0.617. The summed E-state index contributed by atoms with van der Waals surface area (Å²) in [6.07, 6.45) is 0. The zero-order chi connectivity index (χ0) is 17.3. The van der Waals surface area contributed by atoms with Gasteiger partial charge < -0.3 is 9.42 Å². The Balaban J connectivity index is 1.67. The summed E-state index contributed by atoms with van der Waals surface area (Å²) in [5, 5.41) is 15.1. The van der Waals surface area contributed by atoms with Crippen LogP contribution in [0.1, 0.15) is 17.3 Å². The molecule has 0 radical (unpaired) electrons. The van der Waals surface area contributed by atoms with Crippen molar-refractivity contribution in [1.29, 1.82) is 0 Å². The summed E-state index contributed by atoms with van der Waals surface area (Å²) in [4.78, 5) is 19.1. The second-order valence-corrected chi connectivity index (χ2v) is 6.26. The van der Waals surface area contributed by atoms with Crippen LogP contribution in [0.3, 0.4) is 0 Å². The first kappa shape index (κ1) is 16.7. The number of nitrogens with zero attached hydrogens (tertiary/aromatic N) is 5. The second-order valence-electron chi connectivity index (χ2n) is 5.85. The van der Waals surface area contributed by atoms with Gasteiger partial charge in [-0.1, -0.05) is 16.8 Å². The third-order valence-electron chi connectivity index (χ3n) is 4.07. The standard InChI is InChI=1S/C15H18ClN5O3/c1-10-7-12(21(22)23)8-13(16)15(10)20-5-3-19(4-6-20)9-14-17-11(2)18-24-14/h7-8H,3-6,9H2,1-2H3. The molecule has 0 atom stereocenters. The number of anilines is 1. The van der Waals surface area contributed by atoms with Gasteiger partial charge in [-0.3, -0.25) is 15.0 Å². The molecule has 0 saturated carbocycles. The molecule has 24 heavy (non-hydrogen) atoms. The lowest BCUT2D eigenvalue weighted by molar-refractivity contribution is -0.384. The van der Waals surface area contributed by atoms with E-state index in [1.165, 1.54) is 6.07 Å². The fourth-order valence-corrected chi connectivity index (χ4v) is 3.33. The van der Waals surface area contributed by atoms with Crippen molar-refractivity contribution in [2.45, 2.75) is 20.4 Å². The van der Waals surface area contributed by atoms with Crippen molar-refractivity contribution in [2.24, 2.45) is 0 Å². The van der Waals surface area contributed by atoms with Gasteiger partial charge in [-0.05, 0) is 19.4 Å². The number of piperazine rings is 1. The molecular weight excluding hydrogens is 334 g/mol. The van der Waals surface area contributed by atoms with Gasteiger partial charge >= 0.3 is 0 Å². The highest BCUT2D eigenvalue weighted by molar-refractivity contribution is 6.33. The van der Waals surface area contributed by atoms with E-state index in [9.17, 15) is 10.1 Å². The van der Waals surface area contributed by atoms with Crippen molar-refractivity contribution in [3.05, 3.63) is 44.5 Å². The number of aromatic nitrogens is 2. The summed E-state index contributed by atoms with van der Waals surface area (Å²) in [7, 11) is 0. The van der Waals surface area contributed by atoms with E-state index >= 15 is 0 Å². The first-order valence-corrected chi connectivity index (χ1v) is 8.03. The van der Waals surface area contributed by atoms with Crippen LogP contribution in [0.15, 0.2) is 16.7 Å². The van der Waals surface area contributed by atoms with Crippen LogP contribution in [-0.4, -0.2) is 46.1 Å². The Bertz CT molecular complexity index is 732. The molecule has 2 heterocycles. The normalized spacial score (nSPS) is 15.7. The molecule has 8 nitrogen and oxygen atoms in total. The number of hydrogen-bond donors (Lipinski definition) is 0. The van der Waals surface area contributed by atoms with Crippen LogP contribution in [0.2, 0.25) is 5.02 Å². The highest BCUT2D eigenvalue weighted by atomic mass is 35.5. The summed E-state index contributed by atoms with van der Waals surface area (Å²) < 4.78 is 5.15. The van der Waals surface area contributed by atoms with Crippen LogP contribution in [0, 0.1) is 24.0 Å². The molecule has 0 amide bonds. The van der Waals surface area contributed by atoms with Crippen molar-refractivity contribution in [3.8, 4) is 0 Å². The van der Waals surface area contributed by atoms with E-state index in [2.05, 4.69) is 19.9 Å². The SMILES string of the molecule is Cc1noc(CN2CCN(c3c(C)cc([N+](=O)[O-])cc3Cl)CC2)n1. The molecule has 0 bridgehead atoms. The monoisotopic (exact) mass is 351 g/mol. The maximum absolute atomic E-state index is 10.9. The predicted molar refractivity (Wildman–Crippen MR) is 89.4 cm³/mol. The lowest BCUT2D eigenvalue weighted by atomic mass is 10.1. The molecule has 3 rings (SSSR count). The first-order chi connectivity index (χ1) is 11.4. The number of benzene rings is 1. The number of nitro groups is 1.